The van der Waals surface area contributed by atoms with Crippen molar-refractivity contribution < 1.29 is 13.2 Å². The Hall–Kier alpha value is -1.36. The van der Waals surface area contributed by atoms with E-state index in [4.69, 9.17) is 0 Å². The standard InChI is InChI=1S/C20H29NO3S/c1-15-10-11-16(2)18(14-15)25(23,24)20(12-6-7-13-20)19(22)21-17-8-4-3-5-9-17/h10-11,14,17H,3-9,12-13H2,1-2H3,(H,21,22). The number of carbonyl (C=O) groups is 1. The number of amides is 1. The molecule has 0 unspecified atom stereocenters. The fraction of sp³-hybridized carbons (Fsp3) is 0.650. The molecule has 0 saturated heterocycles. The Morgan fingerprint density at radius 1 is 1.04 bits per heavy atom. The Morgan fingerprint density at radius 3 is 2.32 bits per heavy atom. The first-order chi connectivity index (χ1) is 11.9. The second-order valence-electron chi connectivity index (χ2n) is 7.78. The van der Waals surface area contributed by atoms with Crippen LogP contribution in [0.15, 0.2) is 23.1 Å². The first kappa shape index (κ1) is 18.4. The van der Waals surface area contributed by atoms with E-state index in [0.29, 0.717) is 17.7 Å². The van der Waals surface area contributed by atoms with Crippen LogP contribution in [-0.2, 0) is 14.6 Å². The highest BCUT2D eigenvalue weighted by molar-refractivity contribution is 7.93. The van der Waals surface area contributed by atoms with E-state index >= 15 is 0 Å². The number of hydrogen-bond acceptors (Lipinski definition) is 3. The van der Waals surface area contributed by atoms with Crippen LogP contribution in [0.1, 0.15) is 68.9 Å². The first-order valence-corrected chi connectivity index (χ1v) is 11.0. The summed E-state index contributed by atoms with van der Waals surface area (Å²) in [5, 5.41) is 3.09. The fourth-order valence-electron chi connectivity index (χ4n) is 4.34. The Morgan fingerprint density at radius 2 is 1.68 bits per heavy atom. The Labute approximate surface area is 151 Å². The van der Waals surface area contributed by atoms with Gasteiger partial charge in [0.05, 0.1) is 4.90 Å². The third kappa shape index (κ3) is 3.35. The summed E-state index contributed by atoms with van der Waals surface area (Å²) >= 11 is 0. The summed E-state index contributed by atoms with van der Waals surface area (Å²) in [6, 6.07) is 5.60. The summed E-state index contributed by atoms with van der Waals surface area (Å²) in [4.78, 5) is 13.5. The SMILES string of the molecule is Cc1ccc(C)c(S(=O)(=O)C2(C(=O)NC3CCCCC3)CCCC2)c1. The normalized spacial score (nSPS) is 21.2. The fourth-order valence-corrected chi connectivity index (χ4v) is 6.72. The van der Waals surface area contributed by atoms with Gasteiger partial charge in [-0.3, -0.25) is 4.79 Å². The molecule has 2 aliphatic rings. The molecule has 0 spiro atoms. The van der Waals surface area contributed by atoms with Gasteiger partial charge in [0.15, 0.2) is 14.6 Å². The molecule has 2 aliphatic carbocycles. The molecule has 0 bridgehead atoms. The maximum Gasteiger partial charge on any atom is 0.242 e. The Bertz CT molecular complexity index is 742. The molecule has 0 aromatic heterocycles. The van der Waals surface area contributed by atoms with Crippen molar-refractivity contribution >= 4 is 15.7 Å². The average Bonchev–Trinajstić information content (AvgIpc) is 3.09. The van der Waals surface area contributed by atoms with Crippen molar-refractivity contribution in [3.63, 3.8) is 0 Å². The second-order valence-corrected chi connectivity index (χ2v) is 10.0. The van der Waals surface area contributed by atoms with Gasteiger partial charge in [0, 0.05) is 6.04 Å². The minimum atomic E-state index is -3.72. The lowest BCUT2D eigenvalue weighted by Crippen LogP contribution is -2.53. The smallest absolute Gasteiger partial charge is 0.242 e. The van der Waals surface area contributed by atoms with Crippen molar-refractivity contribution in [2.45, 2.75) is 87.3 Å². The molecule has 0 heterocycles. The second kappa shape index (κ2) is 7.10. The lowest BCUT2D eigenvalue weighted by Gasteiger charge is -2.32. The van der Waals surface area contributed by atoms with Gasteiger partial charge in [-0.25, -0.2) is 8.42 Å². The number of rotatable bonds is 4. The topological polar surface area (TPSA) is 63.2 Å². The highest BCUT2D eigenvalue weighted by Gasteiger charge is 2.53. The summed E-state index contributed by atoms with van der Waals surface area (Å²) in [5.74, 6) is -0.266. The highest BCUT2D eigenvalue weighted by atomic mass is 32.2. The predicted molar refractivity (Wildman–Crippen MR) is 99.3 cm³/mol. The molecular formula is C20H29NO3S. The van der Waals surface area contributed by atoms with Crippen LogP contribution in [0.5, 0.6) is 0 Å². The number of hydrogen-bond donors (Lipinski definition) is 1. The molecular weight excluding hydrogens is 334 g/mol. The molecule has 25 heavy (non-hydrogen) atoms. The van der Waals surface area contributed by atoms with Gasteiger partial charge in [-0.15, -0.1) is 0 Å². The quantitative estimate of drug-likeness (QED) is 0.884. The van der Waals surface area contributed by atoms with Crippen LogP contribution < -0.4 is 5.32 Å². The molecule has 2 fully saturated rings. The molecule has 1 N–H and O–H groups in total. The zero-order valence-corrected chi connectivity index (χ0v) is 16.1. The van der Waals surface area contributed by atoms with E-state index in [-0.39, 0.29) is 11.9 Å². The number of sulfone groups is 1. The van der Waals surface area contributed by atoms with Gasteiger partial charge in [0.2, 0.25) is 5.91 Å². The van der Waals surface area contributed by atoms with Crippen molar-refractivity contribution in [2.75, 3.05) is 0 Å². The predicted octanol–water partition coefficient (Wildman–Crippen LogP) is 3.84. The van der Waals surface area contributed by atoms with Crippen molar-refractivity contribution in [1.82, 2.24) is 5.32 Å². The number of nitrogens with one attached hydrogen (secondary N) is 1. The summed E-state index contributed by atoms with van der Waals surface area (Å²) in [5.41, 5.74) is 1.63. The third-order valence-electron chi connectivity index (χ3n) is 5.91. The molecule has 0 atom stereocenters. The zero-order valence-electron chi connectivity index (χ0n) is 15.3. The van der Waals surface area contributed by atoms with Crippen LogP contribution in [0, 0.1) is 13.8 Å². The van der Waals surface area contributed by atoms with Crippen LogP contribution in [0.2, 0.25) is 0 Å². The van der Waals surface area contributed by atoms with Gasteiger partial charge in [0.25, 0.3) is 0 Å². The summed E-state index contributed by atoms with van der Waals surface area (Å²) in [6.45, 7) is 3.70. The van der Waals surface area contributed by atoms with E-state index in [9.17, 15) is 13.2 Å². The van der Waals surface area contributed by atoms with Crippen molar-refractivity contribution in [1.29, 1.82) is 0 Å². The molecule has 0 radical (unpaired) electrons. The molecule has 3 rings (SSSR count). The summed E-state index contributed by atoms with van der Waals surface area (Å²) in [6.07, 6.45) is 7.81. The van der Waals surface area contributed by atoms with E-state index < -0.39 is 14.6 Å². The molecule has 2 saturated carbocycles. The minimum Gasteiger partial charge on any atom is -0.352 e. The lowest BCUT2D eigenvalue weighted by atomic mass is 9.94. The number of benzene rings is 1. The van der Waals surface area contributed by atoms with E-state index in [1.54, 1.807) is 6.07 Å². The van der Waals surface area contributed by atoms with E-state index in [2.05, 4.69) is 5.32 Å². The number of carbonyl (C=O) groups excluding carboxylic acids is 1. The van der Waals surface area contributed by atoms with Gasteiger partial charge in [-0.05, 0) is 56.7 Å². The first-order valence-electron chi connectivity index (χ1n) is 9.50. The van der Waals surface area contributed by atoms with Gasteiger partial charge >= 0.3 is 0 Å². The molecule has 1 amide bonds. The maximum atomic E-state index is 13.6. The summed E-state index contributed by atoms with van der Waals surface area (Å²) < 4.78 is 25.8. The maximum absolute atomic E-state index is 13.6. The van der Waals surface area contributed by atoms with Gasteiger partial charge in [0.1, 0.15) is 0 Å². The van der Waals surface area contributed by atoms with Gasteiger partial charge in [-0.2, -0.15) is 0 Å². The zero-order chi connectivity index (χ0) is 18.1. The van der Waals surface area contributed by atoms with Gasteiger partial charge in [-0.1, -0.05) is 44.2 Å². The highest BCUT2D eigenvalue weighted by Crippen LogP contribution is 2.42. The Balaban J connectivity index is 1.96. The van der Waals surface area contributed by atoms with Crippen molar-refractivity contribution in [3.05, 3.63) is 29.3 Å². The third-order valence-corrected chi connectivity index (χ3v) is 8.55. The van der Waals surface area contributed by atoms with Crippen LogP contribution in [-0.4, -0.2) is 25.1 Å². The van der Waals surface area contributed by atoms with E-state index in [1.807, 2.05) is 26.0 Å². The van der Waals surface area contributed by atoms with Crippen LogP contribution in [0.25, 0.3) is 0 Å². The monoisotopic (exact) mass is 363 g/mol. The minimum absolute atomic E-state index is 0.132. The van der Waals surface area contributed by atoms with Crippen molar-refractivity contribution in [3.8, 4) is 0 Å². The molecule has 138 valence electrons. The Kier molecular flexibility index (Phi) is 5.24. The number of aryl methyl sites for hydroxylation is 2. The van der Waals surface area contributed by atoms with E-state index in [1.165, 1.54) is 6.42 Å². The van der Waals surface area contributed by atoms with Crippen LogP contribution in [0.3, 0.4) is 0 Å². The molecule has 1 aromatic carbocycles. The van der Waals surface area contributed by atoms with E-state index in [0.717, 1.165) is 49.7 Å². The van der Waals surface area contributed by atoms with Gasteiger partial charge < -0.3 is 5.32 Å². The molecule has 0 aliphatic heterocycles. The van der Waals surface area contributed by atoms with Crippen molar-refractivity contribution in [2.24, 2.45) is 0 Å². The average molecular weight is 364 g/mol. The molecule has 5 heteroatoms. The van der Waals surface area contributed by atoms with Crippen LogP contribution >= 0.6 is 0 Å². The lowest BCUT2D eigenvalue weighted by molar-refractivity contribution is -0.124. The molecule has 4 nitrogen and oxygen atoms in total. The largest absolute Gasteiger partial charge is 0.352 e. The summed E-state index contributed by atoms with van der Waals surface area (Å²) in [7, 11) is -3.72. The molecule has 1 aromatic rings. The van der Waals surface area contributed by atoms with Crippen LogP contribution in [0.4, 0.5) is 0 Å².